The average Bonchev–Trinajstić information content (AvgIpc) is 3.69. The number of anilines is 1. The fraction of sp³-hybridized carbons (Fsp3) is 0.316. The Balaban J connectivity index is 1.17. The van der Waals surface area contributed by atoms with Gasteiger partial charge in [-0.05, 0) is 43.0 Å². The minimum Gasteiger partial charge on any atom is -0.508 e. The normalized spacial score (nSPS) is 20.6. The number of ether oxygens (including phenoxy) is 1. The SMILES string of the molecule is C#Cc1c(F)ccc2cc(O)cc(-c3ncc4c(N5CCN(C(=O)/C(F)=C/c6cnccn6)CC5)nc(OC[C@@]56CCCN5C[C@H](F)C6)nc4c3F)c12. The molecule has 0 saturated carbocycles. The van der Waals surface area contributed by atoms with Crippen LogP contribution in [-0.2, 0) is 4.79 Å². The second kappa shape index (κ2) is 13.6. The number of nitrogens with zero attached hydrogens (tertiary/aromatic N) is 8. The van der Waals surface area contributed by atoms with Gasteiger partial charge in [0.25, 0.3) is 5.91 Å². The molecule has 1 N–H and O–H groups in total. The Morgan fingerprint density at radius 2 is 1.92 bits per heavy atom. The van der Waals surface area contributed by atoms with Crippen LogP contribution < -0.4 is 9.64 Å². The van der Waals surface area contributed by atoms with Crippen molar-refractivity contribution < 1.29 is 32.2 Å². The molecule has 0 radical (unpaired) electrons. The average molecular weight is 725 g/mol. The van der Waals surface area contributed by atoms with Gasteiger partial charge in [-0.15, -0.1) is 6.42 Å². The number of piperazine rings is 1. The summed E-state index contributed by atoms with van der Waals surface area (Å²) in [6, 6.07) is 5.10. The van der Waals surface area contributed by atoms with Crippen molar-refractivity contribution in [2.75, 3.05) is 50.8 Å². The predicted molar refractivity (Wildman–Crippen MR) is 188 cm³/mol. The summed E-state index contributed by atoms with van der Waals surface area (Å²) < 4.78 is 67.4. The number of fused-ring (bicyclic) bond motifs is 3. The molecule has 3 saturated heterocycles. The number of carbonyl (C=O) groups excluding carboxylic acids is 1. The topological polar surface area (TPSA) is 121 Å². The van der Waals surface area contributed by atoms with Crippen LogP contribution in [0.15, 0.2) is 54.9 Å². The van der Waals surface area contributed by atoms with Crippen LogP contribution in [0.4, 0.5) is 23.4 Å². The number of phenols is 1. The second-order valence-electron chi connectivity index (χ2n) is 13.4. The van der Waals surface area contributed by atoms with Crippen molar-refractivity contribution in [3.8, 4) is 35.4 Å². The molecular formula is C38H32F4N8O3. The summed E-state index contributed by atoms with van der Waals surface area (Å²) in [4.78, 5) is 39.6. The monoisotopic (exact) mass is 724 g/mol. The maximum Gasteiger partial charge on any atom is 0.319 e. The molecule has 53 heavy (non-hydrogen) atoms. The van der Waals surface area contributed by atoms with Crippen LogP contribution in [0.2, 0.25) is 0 Å². The van der Waals surface area contributed by atoms with Gasteiger partial charge in [-0.25, -0.2) is 17.6 Å². The molecule has 0 bridgehead atoms. The molecule has 3 aromatic heterocycles. The van der Waals surface area contributed by atoms with E-state index in [1.807, 2.05) is 0 Å². The zero-order valence-electron chi connectivity index (χ0n) is 28.3. The summed E-state index contributed by atoms with van der Waals surface area (Å²) in [6.45, 7) is 1.76. The number of aromatic nitrogens is 5. The highest BCUT2D eigenvalue weighted by Crippen LogP contribution is 2.42. The summed E-state index contributed by atoms with van der Waals surface area (Å²) in [6.07, 6.45) is 13.2. The summed E-state index contributed by atoms with van der Waals surface area (Å²) in [5.41, 5.74) is -0.815. The van der Waals surface area contributed by atoms with Gasteiger partial charge >= 0.3 is 6.01 Å². The van der Waals surface area contributed by atoms with Gasteiger partial charge in [0, 0.05) is 74.8 Å². The number of phenolic OH excluding ortho intramolecular Hbond substituents is 1. The van der Waals surface area contributed by atoms with Gasteiger partial charge in [-0.3, -0.25) is 24.6 Å². The van der Waals surface area contributed by atoms with E-state index in [1.54, 1.807) is 4.90 Å². The van der Waals surface area contributed by atoms with Crippen LogP contribution in [0.3, 0.4) is 0 Å². The lowest BCUT2D eigenvalue weighted by molar-refractivity contribution is -0.128. The molecule has 3 aliphatic rings. The Morgan fingerprint density at radius 3 is 2.70 bits per heavy atom. The van der Waals surface area contributed by atoms with E-state index in [2.05, 4.69) is 35.7 Å². The molecule has 3 aliphatic heterocycles. The maximum absolute atomic E-state index is 16.9. The fourth-order valence-corrected chi connectivity index (χ4v) is 7.76. The highest BCUT2D eigenvalue weighted by molar-refractivity contribution is 6.03. The van der Waals surface area contributed by atoms with Crippen LogP contribution >= 0.6 is 0 Å². The van der Waals surface area contributed by atoms with Crippen molar-refractivity contribution in [1.82, 2.24) is 34.7 Å². The Hall–Kier alpha value is -5.88. The minimum absolute atomic E-state index is 0.0543. The molecule has 11 nitrogen and oxygen atoms in total. The van der Waals surface area contributed by atoms with E-state index >= 15 is 4.39 Å². The van der Waals surface area contributed by atoms with E-state index in [9.17, 15) is 23.1 Å². The zero-order valence-corrected chi connectivity index (χ0v) is 28.3. The molecule has 2 atom stereocenters. The van der Waals surface area contributed by atoms with Gasteiger partial charge in [-0.1, -0.05) is 12.0 Å². The van der Waals surface area contributed by atoms with Crippen molar-refractivity contribution in [1.29, 1.82) is 0 Å². The number of pyridine rings is 1. The highest BCUT2D eigenvalue weighted by Gasteiger charge is 2.49. The molecule has 2 aromatic carbocycles. The second-order valence-corrected chi connectivity index (χ2v) is 13.4. The molecule has 0 aliphatic carbocycles. The lowest BCUT2D eigenvalue weighted by Crippen LogP contribution is -2.49. The quantitative estimate of drug-likeness (QED) is 0.136. The molecule has 0 unspecified atom stereocenters. The van der Waals surface area contributed by atoms with E-state index in [0.29, 0.717) is 18.4 Å². The standard InChI is InChI=1S/C38H32F4N8O3/c1-2-26-29(40)5-4-22-14-25(51)16-27(31(22)26)33-32(42)34-28(19-45-33)35(47-37(46-34)53-21-38-6-3-9-50(38)20-23(39)17-38)48-10-12-49(13-11-48)36(52)30(41)15-24-18-43-7-8-44-24/h1,4-5,7-8,14-16,18-19,23,51H,3,6,9-13,17,20-21H2/b30-15-/t23-,38+/m1/s1. The fourth-order valence-electron chi connectivity index (χ4n) is 7.76. The Kier molecular flexibility index (Phi) is 8.77. The van der Waals surface area contributed by atoms with Gasteiger partial charge in [-0.2, -0.15) is 9.97 Å². The Morgan fingerprint density at radius 1 is 1.09 bits per heavy atom. The molecule has 6 heterocycles. The van der Waals surface area contributed by atoms with E-state index in [4.69, 9.17) is 11.2 Å². The van der Waals surface area contributed by atoms with Gasteiger partial charge < -0.3 is 19.6 Å². The Labute approximate surface area is 301 Å². The number of terminal acetylenes is 1. The first-order valence-corrected chi connectivity index (χ1v) is 17.1. The molecule has 0 spiro atoms. The van der Waals surface area contributed by atoms with Crippen molar-refractivity contribution in [2.45, 2.75) is 31.0 Å². The summed E-state index contributed by atoms with van der Waals surface area (Å²) in [5.74, 6) is -1.02. The third kappa shape index (κ3) is 6.22. The minimum atomic E-state index is -0.993. The molecule has 270 valence electrons. The molecule has 3 fully saturated rings. The van der Waals surface area contributed by atoms with Crippen LogP contribution in [0.1, 0.15) is 30.5 Å². The number of halogens is 4. The number of hydrogen-bond acceptors (Lipinski definition) is 10. The smallest absolute Gasteiger partial charge is 0.319 e. The third-order valence-corrected chi connectivity index (χ3v) is 10.3. The van der Waals surface area contributed by atoms with Gasteiger partial charge in [0.2, 0.25) is 0 Å². The van der Waals surface area contributed by atoms with Crippen LogP contribution in [0, 0.1) is 24.0 Å². The zero-order chi connectivity index (χ0) is 36.9. The van der Waals surface area contributed by atoms with Crippen LogP contribution in [0.25, 0.3) is 39.0 Å². The largest absolute Gasteiger partial charge is 0.508 e. The van der Waals surface area contributed by atoms with Crippen molar-refractivity contribution >= 4 is 39.5 Å². The lowest BCUT2D eigenvalue weighted by Gasteiger charge is -2.35. The summed E-state index contributed by atoms with van der Waals surface area (Å²) in [5, 5.41) is 11.3. The van der Waals surface area contributed by atoms with E-state index < -0.39 is 35.1 Å². The molecule has 15 heteroatoms. The first kappa shape index (κ1) is 34.2. The van der Waals surface area contributed by atoms with Gasteiger partial charge in [0.1, 0.15) is 41.4 Å². The van der Waals surface area contributed by atoms with Crippen molar-refractivity contribution in [3.63, 3.8) is 0 Å². The van der Waals surface area contributed by atoms with Crippen molar-refractivity contribution in [3.05, 3.63) is 77.8 Å². The number of carbonyl (C=O) groups is 1. The third-order valence-electron chi connectivity index (χ3n) is 10.3. The summed E-state index contributed by atoms with van der Waals surface area (Å²) in [7, 11) is 0. The van der Waals surface area contributed by atoms with Crippen molar-refractivity contribution in [2.24, 2.45) is 0 Å². The molecular weight excluding hydrogens is 692 g/mol. The Bertz CT molecular complexity index is 2330. The molecule has 5 aromatic rings. The van der Waals surface area contributed by atoms with E-state index in [-0.39, 0.29) is 89.2 Å². The first-order chi connectivity index (χ1) is 25.6. The van der Waals surface area contributed by atoms with Gasteiger partial charge in [0.05, 0.1) is 28.4 Å². The number of hydrogen-bond donors (Lipinski definition) is 1. The summed E-state index contributed by atoms with van der Waals surface area (Å²) >= 11 is 0. The number of aromatic hydroxyl groups is 1. The number of amides is 1. The van der Waals surface area contributed by atoms with Crippen LogP contribution in [-0.4, -0.2) is 103 Å². The van der Waals surface area contributed by atoms with Crippen LogP contribution in [0.5, 0.6) is 11.8 Å². The van der Waals surface area contributed by atoms with E-state index in [0.717, 1.165) is 25.5 Å². The predicted octanol–water partition coefficient (Wildman–Crippen LogP) is 5.21. The van der Waals surface area contributed by atoms with Gasteiger partial charge in [0.15, 0.2) is 11.6 Å². The first-order valence-electron chi connectivity index (χ1n) is 17.1. The van der Waals surface area contributed by atoms with E-state index in [1.165, 1.54) is 54.0 Å². The number of alkyl halides is 1. The highest BCUT2D eigenvalue weighted by atomic mass is 19.1. The number of benzene rings is 2. The molecule has 8 rings (SSSR count). The maximum atomic E-state index is 16.9. The lowest BCUT2D eigenvalue weighted by atomic mass is 9.95. The number of rotatable bonds is 7. The molecule has 1 amide bonds.